The zero-order valence-electron chi connectivity index (χ0n) is 18.2. The minimum absolute atomic E-state index is 0.0578. The van der Waals surface area contributed by atoms with Crippen LogP contribution in [0.15, 0.2) is 36.5 Å². The summed E-state index contributed by atoms with van der Waals surface area (Å²) in [6, 6.07) is 8.99. The van der Waals surface area contributed by atoms with Crippen LogP contribution in [0.1, 0.15) is 50.5 Å². The lowest BCUT2D eigenvalue weighted by molar-refractivity contribution is 0.0860. The number of alkyl halides is 1. The molecule has 1 fully saturated rings. The summed E-state index contributed by atoms with van der Waals surface area (Å²) in [5, 5.41) is 7.81. The van der Waals surface area contributed by atoms with Gasteiger partial charge in [0.15, 0.2) is 0 Å². The van der Waals surface area contributed by atoms with E-state index in [-0.39, 0.29) is 17.5 Å². The number of benzene rings is 1. The average molecular weight is 426 g/mol. The first-order valence-corrected chi connectivity index (χ1v) is 10.5. The number of ether oxygens (including phenoxy) is 2. The van der Waals surface area contributed by atoms with Gasteiger partial charge in [0.1, 0.15) is 17.0 Å². The lowest BCUT2D eigenvalue weighted by atomic mass is 10.0. The summed E-state index contributed by atoms with van der Waals surface area (Å²) >= 11 is 0. The lowest BCUT2D eigenvalue weighted by Crippen LogP contribution is -2.46. The van der Waals surface area contributed by atoms with E-state index >= 15 is 0 Å². The third kappa shape index (κ3) is 4.39. The molecule has 8 heteroatoms. The van der Waals surface area contributed by atoms with Crippen LogP contribution >= 0.6 is 0 Å². The third-order valence-corrected chi connectivity index (χ3v) is 5.34. The second kappa shape index (κ2) is 8.26. The molecule has 1 saturated heterocycles. The van der Waals surface area contributed by atoms with Crippen LogP contribution in [0.4, 0.5) is 4.39 Å². The van der Waals surface area contributed by atoms with Crippen LogP contribution in [0.5, 0.6) is 5.75 Å². The van der Waals surface area contributed by atoms with Gasteiger partial charge in [0, 0.05) is 31.3 Å². The maximum atomic E-state index is 13.3. The number of hydrogen-bond donors (Lipinski definition) is 1. The Morgan fingerprint density at radius 3 is 2.81 bits per heavy atom. The van der Waals surface area contributed by atoms with Crippen molar-refractivity contribution in [1.29, 1.82) is 0 Å². The number of halogens is 1. The molecular formula is C23H27FN4O3. The second-order valence-corrected chi connectivity index (χ2v) is 8.48. The number of carbonyl (C=O) groups is 1. The van der Waals surface area contributed by atoms with E-state index in [0.717, 1.165) is 17.5 Å². The molecule has 164 valence electrons. The Kier molecular flexibility index (Phi) is 5.66. The quantitative estimate of drug-likeness (QED) is 0.636. The molecule has 1 aliphatic heterocycles. The number of hydrogen-bond acceptors (Lipinski definition) is 5. The van der Waals surface area contributed by atoms with Crippen molar-refractivity contribution >= 4 is 16.9 Å². The number of amides is 1. The smallest absolute Gasteiger partial charge is 0.253 e. The van der Waals surface area contributed by atoms with Gasteiger partial charge >= 0.3 is 0 Å². The number of nitrogens with one attached hydrogen (secondary N) is 1. The molecular weight excluding hydrogens is 399 g/mol. The van der Waals surface area contributed by atoms with Crippen molar-refractivity contribution in [1.82, 2.24) is 20.1 Å². The molecule has 3 heterocycles. The van der Waals surface area contributed by atoms with E-state index in [1.54, 1.807) is 24.4 Å². The van der Waals surface area contributed by atoms with Gasteiger partial charge in [-0.3, -0.25) is 14.5 Å². The van der Waals surface area contributed by atoms with Gasteiger partial charge in [-0.05, 0) is 45.4 Å². The molecule has 2 atom stereocenters. The van der Waals surface area contributed by atoms with E-state index in [9.17, 15) is 9.18 Å². The standard InChI is InChI=1S/C23H27FN4O3/c1-14(2)28-19-11-17(22(29)26-23(4)8-9-30-13-23)12-25-21(19)20(27-28)16-6-5-7-18(10-16)31-15(3)24/h5-7,10-12,14-15H,8-9,13H2,1-4H3,(H,26,29)/t15?,23-/m1/s1. The van der Waals surface area contributed by atoms with Gasteiger partial charge in [-0.25, -0.2) is 4.39 Å². The summed E-state index contributed by atoms with van der Waals surface area (Å²) in [5.41, 5.74) is 2.95. The predicted octanol–water partition coefficient (Wildman–Crippen LogP) is 4.28. The van der Waals surface area contributed by atoms with E-state index in [2.05, 4.69) is 10.3 Å². The van der Waals surface area contributed by atoms with Crippen molar-refractivity contribution in [3.8, 4) is 17.0 Å². The van der Waals surface area contributed by atoms with E-state index in [1.165, 1.54) is 6.92 Å². The van der Waals surface area contributed by atoms with Gasteiger partial charge in [0.05, 0.1) is 23.2 Å². The maximum absolute atomic E-state index is 13.3. The summed E-state index contributed by atoms with van der Waals surface area (Å²) in [6.07, 6.45) is 0.932. The van der Waals surface area contributed by atoms with Crippen LogP contribution in [0.25, 0.3) is 22.3 Å². The number of carbonyl (C=O) groups excluding carboxylic acids is 1. The van der Waals surface area contributed by atoms with E-state index in [4.69, 9.17) is 14.6 Å². The molecule has 1 unspecified atom stereocenters. The summed E-state index contributed by atoms with van der Waals surface area (Å²) in [4.78, 5) is 17.4. The minimum Gasteiger partial charge on any atom is -0.461 e. The normalized spacial score (nSPS) is 19.7. The van der Waals surface area contributed by atoms with E-state index in [0.29, 0.717) is 35.7 Å². The molecule has 2 aromatic heterocycles. The van der Waals surface area contributed by atoms with Crippen LogP contribution in [0, 0.1) is 0 Å². The minimum atomic E-state index is -1.41. The molecule has 0 saturated carbocycles. The predicted molar refractivity (Wildman–Crippen MR) is 116 cm³/mol. The largest absolute Gasteiger partial charge is 0.461 e. The number of fused-ring (bicyclic) bond motifs is 1. The molecule has 31 heavy (non-hydrogen) atoms. The molecule has 0 radical (unpaired) electrons. The molecule has 0 bridgehead atoms. The van der Waals surface area contributed by atoms with Gasteiger partial charge in [-0.15, -0.1) is 0 Å². The highest BCUT2D eigenvalue weighted by molar-refractivity contribution is 5.99. The monoisotopic (exact) mass is 426 g/mol. The van der Waals surface area contributed by atoms with E-state index < -0.39 is 6.36 Å². The van der Waals surface area contributed by atoms with Gasteiger partial charge in [-0.1, -0.05) is 12.1 Å². The molecule has 1 N–H and O–H groups in total. The second-order valence-electron chi connectivity index (χ2n) is 8.48. The fourth-order valence-corrected chi connectivity index (χ4v) is 3.75. The van der Waals surface area contributed by atoms with Crippen LogP contribution in [0.3, 0.4) is 0 Å². The fraction of sp³-hybridized carbons (Fsp3) is 0.435. The van der Waals surface area contributed by atoms with Crippen molar-refractivity contribution < 1.29 is 18.7 Å². The highest BCUT2D eigenvalue weighted by Crippen LogP contribution is 2.31. The summed E-state index contributed by atoms with van der Waals surface area (Å²) in [7, 11) is 0. The first-order chi connectivity index (χ1) is 14.8. The Hall–Kier alpha value is -3.00. The highest BCUT2D eigenvalue weighted by atomic mass is 19.1. The molecule has 1 amide bonds. The van der Waals surface area contributed by atoms with Crippen molar-refractivity contribution in [3.05, 3.63) is 42.1 Å². The summed E-state index contributed by atoms with van der Waals surface area (Å²) < 4.78 is 25.7. The third-order valence-electron chi connectivity index (χ3n) is 5.34. The SMILES string of the molecule is CC(F)Oc1cccc(-c2nn(C(C)C)c3cc(C(=O)N[C@]4(C)CCOC4)cnc23)c1. The Morgan fingerprint density at radius 2 is 2.13 bits per heavy atom. The zero-order chi connectivity index (χ0) is 22.2. The van der Waals surface area contributed by atoms with Crippen molar-refractivity contribution in [3.63, 3.8) is 0 Å². The average Bonchev–Trinajstić information content (AvgIpc) is 3.31. The zero-order valence-corrected chi connectivity index (χ0v) is 18.2. The number of pyridine rings is 1. The Morgan fingerprint density at radius 1 is 1.32 bits per heavy atom. The fourth-order valence-electron chi connectivity index (χ4n) is 3.75. The maximum Gasteiger partial charge on any atom is 0.253 e. The van der Waals surface area contributed by atoms with Crippen LogP contribution in [0.2, 0.25) is 0 Å². The van der Waals surface area contributed by atoms with Gasteiger partial charge in [0.25, 0.3) is 5.91 Å². The number of nitrogens with zero attached hydrogens (tertiary/aromatic N) is 3. The Balaban J connectivity index is 1.73. The lowest BCUT2D eigenvalue weighted by Gasteiger charge is -2.23. The van der Waals surface area contributed by atoms with E-state index in [1.807, 2.05) is 37.6 Å². The molecule has 1 aromatic carbocycles. The van der Waals surface area contributed by atoms with Gasteiger partial charge < -0.3 is 14.8 Å². The van der Waals surface area contributed by atoms with Crippen LogP contribution in [-0.4, -0.2) is 45.8 Å². The van der Waals surface area contributed by atoms with Crippen molar-refractivity contribution in [2.24, 2.45) is 0 Å². The summed E-state index contributed by atoms with van der Waals surface area (Å²) in [5.74, 6) is 0.232. The van der Waals surface area contributed by atoms with Crippen molar-refractivity contribution in [2.75, 3.05) is 13.2 Å². The molecule has 0 aliphatic carbocycles. The van der Waals surface area contributed by atoms with Crippen LogP contribution in [-0.2, 0) is 4.74 Å². The topological polar surface area (TPSA) is 78.3 Å². The first-order valence-electron chi connectivity index (χ1n) is 10.5. The Bertz CT molecular complexity index is 1100. The molecule has 3 aromatic rings. The molecule has 7 nitrogen and oxygen atoms in total. The first kappa shape index (κ1) is 21.2. The van der Waals surface area contributed by atoms with Gasteiger partial charge in [0.2, 0.25) is 6.36 Å². The highest BCUT2D eigenvalue weighted by Gasteiger charge is 2.32. The van der Waals surface area contributed by atoms with Gasteiger partial charge in [-0.2, -0.15) is 5.10 Å². The molecule has 4 rings (SSSR count). The molecule has 0 spiro atoms. The van der Waals surface area contributed by atoms with Crippen molar-refractivity contribution in [2.45, 2.75) is 52.1 Å². The Labute approximate surface area is 180 Å². The summed E-state index contributed by atoms with van der Waals surface area (Å²) in [6.45, 7) is 8.49. The molecule has 1 aliphatic rings. The van der Waals surface area contributed by atoms with Crippen LogP contribution < -0.4 is 10.1 Å². The number of aromatic nitrogens is 3. The number of rotatable bonds is 6.